The summed E-state index contributed by atoms with van der Waals surface area (Å²) >= 11 is 0. The summed E-state index contributed by atoms with van der Waals surface area (Å²) in [5, 5.41) is 2.70. The van der Waals surface area contributed by atoms with Gasteiger partial charge in [-0.15, -0.1) is 0 Å². The van der Waals surface area contributed by atoms with E-state index < -0.39 is 18.1 Å². The van der Waals surface area contributed by atoms with Crippen LogP contribution in [-0.2, 0) is 6.54 Å². The van der Waals surface area contributed by atoms with Crippen molar-refractivity contribution in [2.45, 2.75) is 19.9 Å². The molecule has 5 heteroatoms. The van der Waals surface area contributed by atoms with Gasteiger partial charge >= 0.3 is 0 Å². The Bertz CT molecular complexity index is 611. The summed E-state index contributed by atoms with van der Waals surface area (Å²) in [7, 11) is 0. The normalized spacial score (nSPS) is 10.9. The quantitative estimate of drug-likeness (QED) is 0.793. The topological polar surface area (TPSA) is 12.0 Å². The molecule has 2 rings (SSSR count). The summed E-state index contributed by atoms with van der Waals surface area (Å²) in [6.07, 6.45) is -2.55. The first-order chi connectivity index (χ1) is 9.47. The van der Waals surface area contributed by atoms with E-state index in [1.165, 1.54) is 25.1 Å². The van der Waals surface area contributed by atoms with Crippen molar-refractivity contribution in [2.24, 2.45) is 0 Å². The molecule has 0 heterocycles. The molecule has 20 heavy (non-hydrogen) atoms. The largest absolute Gasteiger partial charge is 0.379 e. The molecule has 0 amide bonds. The van der Waals surface area contributed by atoms with Gasteiger partial charge in [0.25, 0.3) is 6.43 Å². The molecule has 1 N–H and O–H groups in total. The molecule has 0 saturated carbocycles. The Morgan fingerprint density at radius 1 is 1.05 bits per heavy atom. The van der Waals surface area contributed by atoms with Gasteiger partial charge in [0.2, 0.25) is 0 Å². The van der Waals surface area contributed by atoms with E-state index in [4.69, 9.17) is 0 Å². The van der Waals surface area contributed by atoms with Crippen LogP contribution in [0.1, 0.15) is 23.1 Å². The van der Waals surface area contributed by atoms with Crippen molar-refractivity contribution in [1.82, 2.24) is 0 Å². The van der Waals surface area contributed by atoms with Crippen LogP contribution in [0.2, 0.25) is 0 Å². The number of aryl methyl sites for hydroxylation is 1. The lowest BCUT2D eigenvalue weighted by Crippen LogP contribution is -2.03. The van der Waals surface area contributed by atoms with Crippen molar-refractivity contribution in [2.75, 3.05) is 5.32 Å². The monoisotopic (exact) mass is 283 g/mol. The molecule has 0 unspecified atom stereocenters. The van der Waals surface area contributed by atoms with Crippen molar-refractivity contribution in [3.8, 4) is 0 Å². The first kappa shape index (κ1) is 14.4. The van der Waals surface area contributed by atoms with Crippen LogP contribution in [0.15, 0.2) is 36.4 Å². The molecule has 0 aliphatic heterocycles. The van der Waals surface area contributed by atoms with E-state index in [0.29, 0.717) is 5.56 Å². The molecule has 2 aromatic carbocycles. The van der Waals surface area contributed by atoms with Crippen LogP contribution in [-0.4, -0.2) is 0 Å². The molecule has 0 spiro atoms. The Balaban J connectivity index is 2.13. The lowest BCUT2D eigenvalue weighted by molar-refractivity contribution is 0.151. The fourth-order valence-electron chi connectivity index (χ4n) is 1.82. The van der Waals surface area contributed by atoms with Gasteiger partial charge in [-0.3, -0.25) is 0 Å². The van der Waals surface area contributed by atoms with Crippen LogP contribution in [0.3, 0.4) is 0 Å². The first-order valence-corrected chi connectivity index (χ1v) is 6.04. The molecule has 0 aliphatic rings. The lowest BCUT2D eigenvalue weighted by atomic mass is 10.1. The van der Waals surface area contributed by atoms with Crippen molar-refractivity contribution in [1.29, 1.82) is 0 Å². The van der Waals surface area contributed by atoms with Crippen LogP contribution in [0.4, 0.5) is 23.2 Å². The zero-order valence-corrected chi connectivity index (χ0v) is 10.8. The highest BCUT2D eigenvalue weighted by molar-refractivity contribution is 5.47. The van der Waals surface area contributed by atoms with Gasteiger partial charge in [0.1, 0.15) is 11.6 Å². The maximum Gasteiger partial charge on any atom is 0.263 e. The molecule has 0 saturated heterocycles. The summed E-state index contributed by atoms with van der Waals surface area (Å²) in [5.41, 5.74) is 0.700. The predicted octanol–water partition coefficient (Wildman–Crippen LogP) is 4.82. The maximum atomic E-state index is 13.6. The van der Waals surface area contributed by atoms with E-state index in [9.17, 15) is 17.6 Å². The number of rotatable bonds is 4. The summed E-state index contributed by atoms with van der Waals surface area (Å²) in [5.74, 6) is -1.09. The van der Waals surface area contributed by atoms with E-state index in [-0.39, 0.29) is 23.4 Å². The highest BCUT2D eigenvalue weighted by Gasteiger charge is 2.09. The standard InChI is InChI=1S/C15H13F4N/c1-9-5-13(17)14(7-12(9)16)20-8-10-3-2-4-11(6-10)15(18)19/h2-7,15,20H,8H2,1H3. The zero-order chi connectivity index (χ0) is 14.7. The van der Waals surface area contributed by atoms with Gasteiger partial charge < -0.3 is 5.32 Å². The number of alkyl halides is 2. The minimum Gasteiger partial charge on any atom is -0.379 e. The maximum absolute atomic E-state index is 13.6. The van der Waals surface area contributed by atoms with E-state index >= 15 is 0 Å². The number of nitrogens with one attached hydrogen (secondary N) is 1. The van der Waals surface area contributed by atoms with Gasteiger partial charge in [-0.1, -0.05) is 18.2 Å². The molecule has 1 nitrogen and oxygen atoms in total. The minimum absolute atomic E-state index is 0.00977. The van der Waals surface area contributed by atoms with E-state index in [1.54, 1.807) is 6.07 Å². The minimum atomic E-state index is -2.55. The fraction of sp³-hybridized carbons (Fsp3) is 0.200. The molecule has 0 fully saturated rings. The lowest BCUT2D eigenvalue weighted by Gasteiger charge is -2.10. The van der Waals surface area contributed by atoms with Crippen LogP contribution in [0, 0.1) is 18.6 Å². The van der Waals surface area contributed by atoms with E-state index in [0.717, 1.165) is 12.1 Å². The van der Waals surface area contributed by atoms with Crippen molar-refractivity contribution >= 4 is 5.69 Å². The van der Waals surface area contributed by atoms with Crippen molar-refractivity contribution < 1.29 is 17.6 Å². The Hall–Kier alpha value is -2.04. The van der Waals surface area contributed by atoms with E-state index in [2.05, 4.69) is 5.32 Å². The second-order valence-electron chi connectivity index (χ2n) is 4.48. The summed E-state index contributed by atoms with van der Waals surface area (Å²) in [6, 6.07) is 7.95. The zero-order valence-electron chi connectivity index (χ0n) is 10.8. The molecule has 0 atom stereocenters. The van der Waals surface area contributed by atoms with Crippen molar-refractivity contribution in [3.05, 3.63) is 64.7 Å². The van der Waals surface area contributed by atoms with Gasteiger partial charge in [-0.25, -0.2) is 17.6 Å². The molecule has 0 radical (unpaired) electrons. The third-order valence-corrected chi connectivity index (χ3v) is 2.93. The number of hydrogen-bond donors (Lipinski definition) is 1. The highest BCUT2D eigenvalue weighted by atomic mass is 19.3. The van der Waals surface area contributed by atoms with Crippen LogP contribution >= 0.6 is 0 Å². The SMILES string of the molecule is Cc1cc(F)c(NCc2cccc(C(F)F)c2)cc1F. The third kappa shape index (κ3) is 3.29. The van der Waals surface area contributed by atoms with Crippen LogP contribution in [0.25, 0.3) is 0 Å². The molecule has 0 aromatic heterocycles. The van der Waals surface area contributed by atoms with Gasteiger partial charge in [0, 0.05) is 18.2 Å². The second kappa shape index (κ2) is 5.94. The molecule has 2 aromatic rings. The Kier molecular flexibility index (Phi) is 4.27. The van der Waals surface area contributed by atoms with Crippen LogP contribution < -0.4 is 5.32 Å². The van der Waals surface area contributed by atoms with E-state index in [1.807, 2.05) is 0 Å². The average Bonchev–Trinajstić information content (AvgIpc) is 2.41. The Labute approximate surface area is 114 Å². The van der Waals surface area contributed by atoms with Crippen molar-refractivity contribution in [3.63, 3.8) is 0 Å². The van der Waals surface area contributed by atoms with Gasteiger partial charge in [0.05, 0.1) is 5.69 Å². The first-order valence-electron chi connectivity index (χ1n) is 6.04. The summed E-state index contributed by atoms with van der Waals surface area (Å²) < 4.78 is 52.0. The van der Waals surface area contributed by atoms with Gasteiger partial charge in [-0.05, 0) is 30.2 Å². The average molecular weight is 283 g/mol. The number of anilines is 1. The smallest absolute Gasteiger partial charge is 0.263 e. The van der Waals surface area contributed by atoms with Crippen LogP contribution in [0.5, 0.6) is 0 Å². The summed E-state index contributed by atoms with van der Waals surface area (Å²) in [6.45, 7) is 1.61. The third-order valence-electron chi connectivity index (χ3n) is 2.93. The fourth-order valence-corrected chi connectivity index (χ4v) is 1.82. The molecule has 0 bridgehead atoms. The predicted molar refractivity (Wildman–Crippen MR) is 69.8 cm³/mol. The molecule has 0 aliphatic carbocycles. The number of halogens is 4. The molecular weight excluding hydrogens is 270 g/mol. The van der Waals surface area contributed by atoms with Gasteiger partial charge in [0.15, 0.2) is 0 Å². The second-order valence-corrected chi connectivity index (χ2v) is 4.48. The van der Waals surface area contributed by atoms with Gasteiger partial charge in [-0.2, -0.15) is 0 Å². The Morgan fingerprint density at radius 3 is 2.50 bits per heavy atom. The molecule has 106 valence electrons. The number of benzene rings is 2. The summed E-state index contributed by atoms with van der Waals surface area (Å²) in [4.78, 5) is 0. The number of hydrogen-bond acceptors (Lipinski definition) is 1. The molecular formula is C15H13F4N. The Morgan fingerprint density at radius 2 is 1.80 bits per heavy atom. The highest BCUT2D eigenvalue weighted by Crippen LogP contribution is 2.22.